The van der Waals surface area contributed by atoms with E-state index < -0.39 is 0 Å². The lowest BCUT2D eigenvalue weighted by Crippen LogP contribution is -2.11. The Morgan fingerprint density at radius 3 is 1.55 bits per heavy atom. The van der Waals surface area contributed by atoms with Crippen LogP contribution in [-0.4, -0.2) is 0 Å². The summed E-state index contributed by atoms with van der Waals surface area (Å²) >= 11 is 0. The van der Waals surface area contributed by atoms with Gasteiger partial charge in [-0.3, -0.25) is 0 Å². The second kappa shape index (κ2) is 5.72. The van der Waals surface area contributed by atoms with Crippen molar-refractivity contribution in [1.82, 2.24) is 0 Å². The van der Waals surface area contributed by atoms with E-state index in [0.717, 1.165) is 11.1 Å². The lowest BCUT2D eigenvalue weighted by atomic mass is 9.97. The summed E-state index contributed by atoms with van der Waals surface area (Å²) in [5.74, 6) is 0. The van der Waals surface area contributed by atoms with Gasteiger partial charge in [-0.25, -0.2) is 0 Å². The standard InChI is InChI=1S/C19H17N/c20-19(17-9-5-2-6-10-17)18-13-11-16(12-14-18)15-7-3-1-4-8-15/h1-14,19H,20H2/t19-/m0/s1. The minimum atomic E-state index is -0.0685. The molecule has 0 heterocycles. The third-order valence-corrected chi connectivity index (χ3v) is 3.54. The molecule has 0 aliphatic rings. The lowest BCUT2D eigenvalue weighted by molar-refractivity contribution is 0.872. The molecular formula is C19H17N. The maximum Gasteiger partial charge on any atom is 0.0551 e. The van der Waals surface area contributed by atoms with Crippen LogP contribution in [0.1, 0.15) is 17.2 Å². The second-order valence-corrected chi connectivity index (χ2v) is 4.88. The van der Waals surface area contributed by atoms with Gasteiger partial charge in [0.05, 0.1) is 6.04 Å². The molecule has 20 heavy (non-hydrogen) atoms. The van der Waals surface area contributed by atoms with Crippen LogP contribution in [-0.2, 0) is 0 Å². The molecule has 0 fully saturated rings. The summed E-state index contributed by atoms with van der Waals surface area (Å²) in [7, 11) is 0. The molecule has 3 aromatic rings. The predicted molar refractivity (Wildman–Crippen MR) is 84.4 cm³/mol. The smallest absolute Gasteiger partial charge is 0.0551 e. The fraction of sp³-hybridized carbons (Fsp3) is 0.0526. The third kappa shape index (κ3) is 2.63. The topological polar surface area (TPSA) is 26.0 Å². The van der Waals surface area contributed by atoms with Gasteiger partial charge in [0.15, 0.2) is 0 Å². The summed E-state index contributed by atoms with van der Waals surface area (Å²) in [6.07, 6.45) is 0. The molecular weight excluding hydrogens is 242 g/mol. The van der Waals surface area contributed by atoms with E-state index in [-0.39, 0.29) is 6.04 Å². The second-order valence-electron chi connectivity index (χ2n) is 4.88. The summed E-state index contributed by atoms with van der Waals surface area (Å²) in [5, 5.41) is 0. The number of hydrogen-bond donors (Lipinski definition) is 1. The van der Waals surface area contributed by atoms with Crippen molar-refractivity contribution in [2.75, 3.05) is 0 Å². The van der Waals surface area contributed by atoms with E-state index in [4.69, 9.17) is 5.73 Å². The van der Waals surface area contributed by atoms with Gasteiger partial charge in [-0.1, -0.05) is 84.9 Å². The largest absolute Gasteiger partial charge is 0.320 e. The van der Waals surface area contributed by atoms with Crippen molar-refractivity contribution in [1.29, 1.82) is 0 Å². The summed E-state index contributed by atoms with van der Waals surface area (Å²) in [6.45, 7) is 0. The van der Waals surface area contributed by atoms with Crippen molar-refractivity contribution < 1.29 is 0 Å². The average Bonchev–Trinajstić information content (AvgIpc) is 2.56. The zero-order valence-electron chi connectivity index (χ0n) is 11.2. The molecule has 0 bridgehead atoms. The maximum atomic E-state index is 6.31. The Labute approximate surface area is 119 Å². The van der Waals surface area contributed by atoms with Gasteiger partial charge in [0.2, 0.25) is 0 Å². The van der Waals surface area contributed by atoms with Gasteiger partial charge in [0.25, 0.3) is 0 Å². The molecule has 0 amide bonds. The molecule has 0 spiro atoms. The first kappa shape index (κ1) is 12.6. The molecule has 0 saturated heterocycles. The van der Waals surface area contributed by atoms with E-state index in [9.17, 15) is 0 Å². The van der Waals surface area contributed by atoms with E-state index in [1.165, 1.54) is 11.1 Å². The highest BCUT2D eigenvalue weighted by Crippen LogP contribution is 2.24. The van der Waals surface area contributed by atoms with Gasteiger partial charge in [0.1, 0.15) is 0 Å². The molecule has 0 unspecified atom stereocenters. The SMILES string of the molecule is N[C@@H](c1ccccc1)c1ccc(-c2ccccc2)cc1. The monoisotopic (exact) mass is 259 g/mol. The highest BCUT2D eigenvalue weighted by Gasteiger charge is 2.08. The highest BCUT2D eigenvalue weighted by atomic mass is 14.6. The predicted octanol–water partition coefficient (Wildman–Crippen LogP) is 4.40. The molecule has 0 saturated carbocycles. The fourth-order valence-electron chi connectivity index (χ4n) is 2.37. The quantitative estimate of drug-likeness (QED) is 0.741. The van der Waals surface area contributed by atoms with Crippen molar-refractivity contribution >= 4 is 0 Å². The Morgan fingerprint density at radius 2 is 0.950 bits per heavy atom. The summed E-state index contributed by atoms with van der Waals surface area (Å²) < 4.78 is 0. The fourth-order valence-corrected chi connectivity index (χ4v) is 2.37. The van der Waals surface area contributed by atoms with Crippen LogP contribution in [0.5, 0.6) is 0 Å². The molecule has 1 atom stereocenters. The lowest BCUT2D eigenvalue weighted by Gasteiger charge is -2.13. The van der Waals surface area contributed by atoms with Crippen LogP contribution >= 0.6 is 0 Å². The first-order valence-corrected chi connectivity index (χ1v) is 6.80. The molecule has 1 heteroatoms. The zero-order valence-corrected chi connectivity index (χ0v) is 11.2. The molecule has 3 aromatic carbocycles. The van der Waals surface area contributed by atoms with Crippen molar-refractivity contribution in [3.63, 3.8) is 0 Å². The molecule has 1 nitrogen and oxygen atoms in total. The number of nitrogens with two attached hydrogens (primary N) is 1. The molecule has 0 aliphatic heterocycles. The van der Waals surface area contributed by atoms with Gasteiger partial charge in [-0.15, -0.1) is 0 Å². The van der Waals surface area contributed by atoms with Crippen molar-refractivity contribution in [2.24, 2.45) is 5.73 Å². The normalized spacial score (nSPS) is 12.1. The molecule has 98 valence electrons. The molecule has 2 N–H and O–H groups in total. The van der Waals surface area contributed by atoms with Crippen LogP contribution in [0.4, 0.5) is 0 Å². The Kier molecular flexibility index (Phi) is 3.62. The van der Waals surface area contributed by atoms with E-state index in [1.54, 1.807) is 0 Å². The third-order valence-electron chi connectivity index (χ3n) is 3.54. The Balaban J connectivity index is 1.87. The number of rotatable bonds is 3. The van der Waals surface area contributed by atoms with Gasteiger partial charge >= 0.3 is 0 Å². The van der Waals surface area contributed by atoms with Crippen LogP contribution < -0.4 is 5.73 Å². The van der Waals surface area contributed by atoms with Crippen LogP contribution in [0, 0.1) is 0 Å². The molecule has 0 radical (unpaired) electrons. The van der Waals surface area contributed by atoms with E-state index in [1.807, 2.05) is 24.3 Å². The first-order valence-electron chi connectivity index (χ1n) is 6.80. The van der Waals surface area contributed by atoms with Gasteiger partial charge in [-0.2, -0.15) is 0 Å². The van der Waals surface area contributed by atoms with E-state index in [0.29, 0.717) is 0 Å². The Bertz CT molecular complexity index is 657. The highest BCUT2D eigenvalue weighted by molar-refractivity contribution is 5.63. The molecule has 3 rings (SSSR count). The zero-order chi connectivity index (χ0) is 13.8. The van der Waals surface area contributed by atoms with Gasteiger partial charge < -0.3 is 5.73 Å². The van der Waals surface area contributed by atoms with Crippen LogP contribution in [0.3, 0.4) is 0 Å². The molecule has 0 aromatic heterocycles. The average molecular weight is 259 g/mol. The Hall–Kier alpha value is -2.38. The minimum Gasteiger partial charge on any atom is -0.320 e. The summed E-state index contributed by atoms with van der Waals surface area (Å²) in [5.41, 5.74) is 11.0. The summed E-state index contributed by atoms with van der Waals surface area (Å²) in [6, 6.07) is 29.0. The maximum absolute atomic E-state index is 6.31. The number of benzene rings is 3. The van der Waals surface area contributed by atoms with Crippen LogP contribution in [0.2, 0.25) is 0 Å². The van der Waals surface area contributed by atoms with E-state index >= 15 is 0 Å². The number of hydrogen-bond acceptors (Lipinski definition) is 1. The van der Waals surface area contributed by atoms with Crippen LogP contribution in [0.25, 0.3) is 11.1 Å². The van der Waals surface area contributed by atoms with Gasteiger partial charge in [0, 0.05) is 0 Å². The first-order chi connectivity index (χ1) is 9.84. The van der Waals surface area contributed by atoms with Crippen LogP contribution in [0.15, 0.2) is 84.9 Å². The summed E-state index contributed by atoms with van der Waals surface area (Å²) in [4.78, 5) is 0. The van der Waals surface area contributed by atoms with E-state index in [2.05, 4.69) is 60.7 Å². The van der Waals surface area contributed by atoms with Gasteiger partial charge in [-0.05, 0) is 22.3 Å². The van der Waals surface area contributed by atoms with Crippen molar-refractivity contribution in [3.05, 3.63) is 96.1 Å². The Morgan fingerprint density at radius 1 is 0.500 bits per heavy atom. The van der Waals surface area contributed by atoms with Crippen molar-refractivity contribution in [3.8, 4) is 11.1 Å². The molecule has 0 aliphatic carbocycles. The minimum absolute atomic E-state index is 0.0685. The van der Waals surface area contributed by atoms with Crippen molar-refractivity contribution in [2.45, 2.75) is 6.04 Å².